The van der Waals surface area contributed by atoms with Gasteiger partial charge in [0, 0.05) is 22.4 Å². The van der Waals surface area contributed by atoms with Gasteiger partial charge in [0.1, 0.15) is 0 Å². The van der Waals surface area contributed by atoms with Crippen LogP contribution in [-0.4, -0.2) is 6.54 Å². The van der Waals surface area contributed by atoms with Gasteiger partial charge in [0.05, 0.1) is 0 Å². The molecular formula is C8H19AgN. The molecule has 10 heavy (non-hydrogen) atoms. The van der Waals surface area contributed by atoms with Crippen LogP contribution in [0.2, 0.25) is 0 Å². The van der Waals surface area contributed by atoms with Crippen LogP contribution in [0.3, 0.4) is 0 Å². The molecule has 2 heteroatoms. The second kappa shape index (κ2) is 9.70. The Bertz CT molecular complexity index is 53.2. The van der Waals surface area contributed by atoms with Crippen LogP contribution in [-0.2, 0) is 22.4 Å². The van der Waals surface area contributed by atoms with E-state index in [1.807, 2.05) is 0 Å². The van der Waals surface area contributed by atoms with E-state index in [2.05, 4.69) is 13.8 Å². The van der Waals surface area contributed by atoms with Crippen molar-refractivity contribution in [3.63, 3.8) is 0 Å². The van der Waals surface area contributed by atoms with Crippen molar-refractivity contribution in [3.05, 3.63) is 0 Å². The Morgan fingerprint density at radius 3 is 2.20 bits per heavy atom. The van der Waals surface area contributed by atoms with Crippen molar-refractivity contribution < 1.29 is 22.4 Å². The maximum atomic E-state index is 5.52. The second-order valence-corrected chi connectivity index (χ2v) is 2.65. The Kier molecular flexibility index (Phi) is 12.9. The van der Waals surface area contributed by atoms with Crippen LogP contribution in [0.15, 0.2) is 0 Å². The average molecular weight is 237 g/mol. The van der Waals surface area contributed by atoms with E-state index in [1.54, 1.807) is 0 Å². The SMILES string of the molecule is CCCCC(CC)CN.[Ag]. The molecule has 2 N–H and O–H groups in total. The first-order valence-corrected chi connectivity index (χ1v) is 4.05. The first kappa shape index (κ1) is 13.3. The molecule has 0 bridgehead atoms. The zero-order valence-corrected chi connectivity index (χ0v) is 8.47. The molecule has 0 aromatic heterocycles. The summed E-state index contributed by atoms with van der Waals surface area (Å²) >= 11 is 0. The van der Waals surface area contributed by atoms with Gasteiger partial charge < -0.3 is 5.73 Å². The minimum atomic E-state index is 0. The van der Waals surface area contributed by atoms with Crippen LogP contribution in [0.4, 0.5) is 0 Å². The fraction of sp³-hybridized carbons (Fsp3) is 1.00. The fourth-order valence-corrected chi connectivity index (χ4v) is 0.981. The van der Waals surface area contributed by atoms with Gasteiger partial charge in [0.25, 0.3) is 0 Å². The van der Waals surface area contributed by atoms with Crippen LogP contribution in [0.5, 0.6) is 0 Å². The van der Waals surface area contributed by atoms with E-state index in [1.165, 1.54) is 25.7 Å². The summed E-state index contributed by atoms with van der Waals surface area (Å²) in [6.07, 6.45) is 5.21. The molecule has 1 atom stereocenters. The van der Waals surface area contributed by atoms with Crippen LogP contribution >= 0.6 is 0 Å². The van der Waals surface area contributed by atoms with Gasteiger partial charge >= 0.3 is 0 Å². The molecule has 0 aliphatic heterocycles. The Labute approximate surface area is 80.3 Å². The predicted molar refractivity (Wildman–Crippen MR) is 42.4 cm³/mol. The largest absolute Gasteiger partial charge is 0.330 e. The summed E-state index contributed by atoms with van der Waals surface area (Å²) in [4.78, 5) is 0. The summed E-state index contributed by atoms with van der Waals surface area (Å²) < 4.78 is 0. The Morgan fingerprint density at radius 1 is 1.30 bits per heavy atom. The topological polar surface area (TPSA) is 26.0 Å². The van der Waals surface area contributed by atoms with E-state index in [-0.39, 0.29) is 22.4 Å². The van der Waals surface area contributed by atoms with E-state index >= 15 is 0 Å². The van der Waals surface area contributed by atoms with Crippen molar-refractivity contribution in [2.24, 2.45) is 11.7 Å². The number of rotatable bonds is 5. The monoisotopic (exact) mass is 236 g/mol. The molecule has 0 heterocycles. The third-order valence-corrected chi connectivity index (χ3v) is 1.88. The summed E-state index contributed by atoms with van der Waals surface area (Å²) in [5.74, 6) is 0.782. The molecule has 1 radical (unpaired) electrons. The molecule has 0 aliphatic carbocycles. The van der Waals surface area contributed by atoms with E-state index in [9.17, 15) is 0 Å². The van der Waals surface area contributed by atoms with Gasteiger partial charge in [-0.15, -0.1) is 0 Å². The molecule has 0 aliphatic rings. The van der Waals surface area contributed by atoms with Crippen LogP contribution in [0, 0.1) is 5.92 Å². The molecule has 67 valence electrons. The normalized spacial score (nSPS) is 12.3. The molecule has 0 fully saturated rings. The summed E-state index contributed by atoms with van der Waals surface area (Å²) in [6.45, 7) is 5.31. The Morgan fingerprint density at radius 2 is 1.90 bits per heavy atom. The predicted octanol–water partition coefficient (Wildman–Crippen LogP) is 2.16. The number of nitrogens with two attached hydrogens (primary N) is 1. The molecule has 0 saturated carbocycles. The van der Waals surface area contributed by atoms with E-state index < -0.39 is 0 Å². The van der Waals surface area contributed by atoms with E-state index in [0.29, 0.717) is 0 Å². The van der Waals surface area contributed by atoms with Gasteiger partial charge in [-0.1, -0.05) is 33.1 Å². The van der Waals surface area contributed by atoms with Gasteiger partial charge in [-0.2, -0.15) is 0 Å². The van der Waals surface area contributed by atoms with Crippen molar-refractivity contribution in [1.29, 1.82) is 0 Å². The maximum absolute atomic E-state index is 5.52. The quantitative estimate of drug-likeness (QED) is 0.728. The standard InChI is InChI=1S/C8H19N.Ag/c1-3-5-6-8(4-2)7-9;/h8H,3-7,9H2,1-2H3;. The number of hydrogen-bond donors (Lipinski definition) is 1. The maximum Gasteiger partial charge on any atom is 0 e. The van der Waals surface area contributed by atoms with Gasteiger partial charge in [0.2, 0.25) is 0 Å². The zero-order valence-electron chi connectivity index (χ0n) is 6.99. The molecule has 0 saturated heterocycles. The minimum Gasteiger partial charge on any atom is -0.330 e. The third-order valence-electron chi connectivity index (χ3n) is 1.88. The summed E-state index contributed by atoms with van der Waals surface area (Å²) in [5, 5.41) is 0. The van der Waals surface area contributed by atoms with E-state index in [4.69, 9.17) is 5.73 Å². The van der Waals surface area contributed by atoms with Gasteiger partial charge in [-0.05, 0) is 18.9 Å². The molecule has 1 unspecified atom stereocenters. The molecule has 1 nitrogen and oxygen atoms in total. The Hall–Kier alpha value is 0.700. The molecule has 0 aromatic carbocycles. The molecular weight excluding hydrogens is 218 g/mol. The van der Waals surface area contributed by atoms with Crippen LogP contribution < -0.4 is 5.73 Å². The van der Waals surface area contributed by atoms with E-state index in [0.717, 1.165) is 12.5 Å². The second-order valence-electron chi connectivity index (χ2n) is 2.65. The average Bonchev–Trinajstić information content (AvgIpc) is 1.91. The summed E-state index contributed by atoms with van der Waals surface area (Å²) in [5.41, 5.74) is 5.52. The zero-order chi connectivity index (χ0) is 7.11. The summed E-state index contributed by atoms with van der Waals surface area (Å²) in [6, 6.07) is 0. The van der Waals surface area contributed by atoms with Gasteiger partial charge in [0.15, 0.2) is 0 Å². The third kappa shape index (κ3) is 6.82. The van der Waals surface area contributed by atoms with Gasteiger partial charge in [-0.25, -0.2) is 0 Å². The number of hydrogen-bond acceptors (Lipinski definition) is 1. The van der Waals surface area contributed by atoms with Crippen molar-refractivity contribution in [2.75, 3.05) is 6.54 Å². The smallest absolute Gasteiger partial charge is 0 e. The van der Waals surface area contributed by atoms with Crippen LogP contribution in [0.1, 0.15) is 39.5 Å². The number of unbranched alkanes of at least 4 members (excludes halogenated alkanes) is 1. The summed E-state index contributed by atoms with van der Waals surface area (Å²) in [7, 11) is 0. The van der Waals surface area contributed by atoms with Crippen molar-refractivity contribution in [1.82, 2.24) is 0 Å². The molecule has 0 rings (SSSR count). The molecule has 0 aromatic rings. The minimum absolute atomic E-state index is 0. The Balaban J connectivity index is 0. The molecule has 0 amide bonds. The van der Waals surface area contributed by atoms with Crippen molar-refractivity contribution >= 4 is 0 Å². The first-order chi connectivity index (χ1) is 4.35. The van der Waals surface area contributed by atoms with Crippen molar-refractivity contribution in [3.8, 4) is 0 Å². The van der Waals surface area contributed by atoms with Crippen molar-refractivity contribution in [2.45, 2.75) is 39.5 Å². The fourth-order valence-electron chi connectivity index (χ4n) is 0.981. The first-order valence-electron chi connectivity index (χ1n) is 4.05. The van der Waals surface area contributed by atoms with Gasteiger partial charge in [-0.3, -0.25) is 0 Å². The van der Waals surface area contributed by atoms with Crippen LogP contribution in [0.25, 0.3) is 0 Å². The molecule has 0 spiro atoms.